The highest BCUT2D eigenvalue weighted by molar-refractivity contribution is 7.91. The fourth-order valence-electron chi connectivity index (χ4n) is 3.03. The first-order chi connectivity index (χ1) is 12.3. The van der Waals surface area contributed by atoms with Gasteiger partial charge in [0, 0.05) is 40.5 Å². The molecule has 0 N–H and O–H groups in total. The van der Waals surface area contributed by atoms with Crippen molar-refractivity contribution < 1.29 is 8.42 Å². The van der Waals surface area contributed by atoms with Crippen molar-refractivity contribution in [1.29, 1.82) is 0 Å². The average Bonchev–Trinajstić information content (AvgIpc) is 2.58. The van der Waals surface area contributed by atoms with Crippen molar-refractivity contribution in [2.45, 2.75) is 104 Å². The third kappa shape index (κ3) is 13.7. The van der Waals surface area contributed by atoms with Crippen molar-refractivity contribution in [2.24, 2.45) is 11.8 Å². The largest absolute Gasteiger partial charge is 0.311 e. The molecule has 0 spiro atoms. The topological polar surface area (TPSA) is 42.9 Å². The maximum absolute atomic E-state index is 12.3. The van der Waals surface area contributed by atoms with Gasteiger partial charge in [-0.2, -0.15) is 0 Å². The molecule has 0 radical (unpaired) electrons. The summed E-state index contributed by atoms with van der Waals surface area (Å²) in [6.07, 6.45) is 7.11. The minimum atomic E-state index is -2.98. The molecule has 0 saturated carbocycles. The van der Waals surface area contributed by atoms with E-state index in [9.17, 15) is 8.42 Å². The van der Waals surface area contributed by atoms with Gasteiger partial charge < -0.3 is 9.69 Å². The van der Waals surface area contributed by atoms with E-state index < -0.39 is 9.84 Å². The lowest BCUT2D eigenvalue weighted by molar-refractivity contribution is 0.435. The second-order valence-electron chi connectivity index (χ2n) is 9.57. The van der Waals surface area contributed by atoms with Crippen LogP contribution in [-0.2, 0) is 9.84 Å². The summed E-state index contributed by atoms with van der Waals surface area (Å²) < 4.78 is 24.6. The van der Waals surface area contributed by atoms with E-state index in [4.69, 9.17) is 13.1 Å². The lowest BCUT2D eigenvalue weighted by Gasteiger charge is -2.16. The van der Waals surface area contributed by atoms with Gasteiger partial charge in [0.25, 0.3) is 0 Å². The monoisotopic (exact) mass is 396 g/mol. The molecule has 2 atom stereocenters. The average molecular weight is 397 g/mol. The molecule has 5 heteroatoms. The Kier molecular flexibility index (Phi) is 11.2. The third-order valence-electron chi connectivity index (χ3n) is 5.42. The molecule has 0 rings (SSSR count). The van der Waals surface area contributed by atoms with Crippen LogP contribution in [0.15, 0.2) is 0 Å². The fourth-order valence-corrected chi connectivity index (χ4v) is 4.76. The molecule has 156 valence electrons. The van der Waals surface area contributed by atoms with Crippen LogP contribution < -0.4 is 0 Å². The maximum atomic E-state index is 12.3. The van der Waals surface area contributed by atoms with Gasteiger partial charge in [0.15, 0.2) is 0 Å². The Morgan fingerprint density at radius 1 is 0.741 bits per heavy atom. The molecule has 2 unspecified atom stereocenters. The van der Waals surface area contributed by atoms with Crippen molar-refractivity contribution >= 4 is 9.84 Å². The van der Waals surface area contributed by atoms with Crippen LogP contribution in [-0.4, -0.2) is 31.0 Å². The van der Waals surface area contributed by atoms with E-state index in [1.807, 2.05) is 27.7 Å². The molecule has 0 amide bonds. The molecule has 0 aliphatic rings. The van der Waals surface area contributed by atoms with Gasteiger partial charge >= 0.3 is 0 Å². The lowest BCUT2D eigenvalue weighted by Crippen LogP contribution is -2.17. The molecule has 0 aliphatic heterocycles. The predicted molar refractivity (Wildman–Crippen MR) is 115 cm³/mol. The Labute approximate surface area is 168 Å². The third-order valence-corrected chi connectivity index (χ3v) is 7.14. The second-order valence-corrected chi connectivity index (χ2v) is 11.9. The van der Waals surface area contributed by atoms with Crippen LogP contribution >= 0.6 is 0 Å². The van der Waals surface area contributed by atoms with Crippen LogP contribution in [0.25, 0.3) is 9.69 Å². The quantitative estimate of drug-likeness (QED) is 0.329. The predicted octanol–water partition coefficient (Wildman–Crippen LogP) is 6.19. The van der Waals surface area contributed by atoms with Crippen molar-refractivity contribution in [3.05, 3.63) is 22.8 Å². The van der Waals surface area contributed by atoms with Gasteiger partial charge in [-0.25, -0.2) is 21.6 Å². The minimum absolute atomic E-state index is 0.276. The SMILES string of the molecule is [C-]#[N+]C(C)(C)CCCC(C)CCS(=O)(=O)CCC(C)CCCC(C)(C)[N+]#[C-]. The van der Waals surface area contributed by atoms with Gasteiger partial charge in [0.05, 0.1) is 11.5 Å². The van der Waals surface area contributed by atoms with Crippen LogP contribution in [0.1, 0.15) is 92.9 Å². The van der Waals surface area contributed by atoms with Crippen molar-refractivity contribution in [2.75, 3.05) is 11.5 Å². The highest BCUT2D eigenvalue weighted by atomic mass is 32.2. The Bertz CT molecular complexity index is 561. The van der Waals surface area contributed by atoms with Gasteiger partial charge in [0.1, 0.15) is 9.84 Å². The Hall–Kier alpha value is -1.07. The zero-order valence-electron chi connectivity index (χ0n) is 18.3. The summed E-state index contributed by atoms with van der Waals surface area (Å²) in [5.74, 6) is 1.32. The Balaban J connectivity index is 4.06. The molecule has 0 aromatic rings. The molecule has 0 heterocycles. The van der Waals surface area contributed by atoms with E-state index in [0.717, 1.165) is 38.5 Å². The molecule has 0 aliphatic carbocycles. The highest BCUT2D eigenvalue weighted by Gasteiger charge is 2.23. The molecule has 4 nitrogen and oxygen atoms in total. The van der Waals surface area contributed by atoms with Crippen molar-refractivity contribution in [1.82, 2.24) is 0 Å². The molecule has 0 aromatic heterocycles. The zero-order valence-corrected chi connectivity index (χ0v) is 19.2. The zero-order chi connectivity index (χ0) is 21.1. The molecule has 0 bridgehead atoms. The molecular formula is C22H40N2O2S. The van der Waals surface area contributed by atoms with Gasteiger partial charge in [0.2, 0.25) is 11.1 Å². The van der Waals surface area contributed by atoms with Gasteiger partial charge in [-0.3, -0.25) is 0 Å². The first kappa shape index (κ1) is 25.9. The first-order valence-corrected chi connectivity index (χ1v) is 12.1. The summed E-state index contributed by atoms with van der Waals surface area (Å²) in [6, 6.07) is 0. The number of hydrogen-bond donors (Lipinski definition) is 0. The second kappa shape index (κ2) is 11.7. The summed E-state index contributed by atoms with van der Waals surface area (Å²) in [5.41, 5.74) is -0.599. The molecule has 27 heavy (non-hydrogen) atoms. The van der Waals surface area contributed by atoms with E-state index in [1.165, 1.54) is 0 Å². The molecule has 0 fully saturated rings. The summed E-state index contributed by atoms with van der Waals surface area (Å²) in [5, 5.41) is 0. The minimum Gasteiger partial charge on any atom is -0.311 e. The van der Waals surface area contributed by atoms with Crippen molar-refractivity contribution in [3.63, 3.8) is 0 Å². The summed E-state index contributed by atoms with van der Waals surface area (Å²) in [6.45, 7) is 26.4. The first-order valence-electron chi connectivity index (χ1n) is 10.3. The van der Waals surface area contributed by atoms with Crippen LogP contribution in [0.2, 0.25) is 0 Å². The summed E-state index contributed by atoms with van der Waals surface area (Å²) in [7, 11) is -2.98. The standard InChI is InChI=1S/C22H40N2O2S/c1-19(11-9-15-21(3,4)23-7)13-17-27(25,26)18-14-20(2)12-10-16-22(5,6)24-8/h19-20H,9-18H2,1-6H3. The van der Waals surface area contributed by atoms with E-state index in [-0.39, 0.29) is 22.6 Å². The number of rotatable bonds is 14. The number of sulfone groups is 1. The molecule has 0 saturated heterocycles. The highest BCUT2D eigenvalue weighted by Crippen LogP contribution is 2.23. The van der Waals surface area contributed by atoms with E-state index >= 15 is 0 Å². The van der Waals surface area contributed by atoms with Crippen LogP contribution in [0.4, 0.5) is 0 Å². The van der Waals surface area contributed by atoms with Crippen LogP contribution in [0.3, 0.4) is 0 Å². The van der Waals surface area contributed by atoms with Gasteiger partial charge in [-0.05, 0) is 37.5 Å². The van der Waals surface area contributed by atoms with Crippen molar-refractivity contribution in [3.8, 4) is 0 Å². The van der Waals surface area contributed by atoms with Crippen LogP contribution in [0.5, 0.6) is 0 Å². The van der Waals surface area contributed by atoms with E-state index in [2.05, 4.69) is 23.5 Å². The number of hydrogen-bond acceptors (Lipinski definition) is 2. The maximum Gasteiger partial charge on any atom is 0.227 e. The lowest BCUT2D eigenvalue weighted by atomic mass is 9.94. The fraction of sp³-hybridized carbons (Fsp3) is 0.909. The van der Waals surface area contributed by atoms with Gasteiger partial charge in [-0.1, -0.05) is 26.7 Å². The van der Waals surface area contributed by atoms with E-state index in [1.54, 1.807) is 0 Å². The molecule has 0 aromatic carbocycles. The Morgan fingerprint density at radius 3 is 1.37 bits per heavy atom. The normalized spacial score (nSPS) is 15.0. The van der Waals surface area contributed by atoms with Gasteiger partial charge in [-0.15, -0.1) is 0 Å². The van der Waals surface area contributed by atoms with E-state index in [0.29, 0.717) is 24.7 Å². The smallest absolute Gasteiger partial charge is 0.227 e. The summed E-state index contributed by atoms with van der Waals surface area (Å²) >= 11 is 0. The molecular weight excluding hydrogens is 356 g/mol. The Morgan fingerprint density at radius 2 is 1.07 bits per heavy atom. The van der Waals surface area contributed by atoms with Crippen LogP contribution in [0, 0.1) is 25.0 Å². The number of nitrogens with zero attached hydrogens (tertiary/aromatic N) is 2. The summed E-state index contributed by atoms with van der Waals surface area (Å²) in [4.78, 5) is 7.24.